The molecular formula is C12H8Cl2N4. The van der Waals surface area contributed by atoms with Crippen LogP contribution in [-0.4, -0.2) is 19.6 Å². The fourth-order valence-electron chi connectivity index (χ4n) is 1.76. The molecule has 0 spiro atoms. The van der Waals surface area contributed by atoms with E-state index in [-0.39, 0.29) is 0 Å². The predicted octanol–water partition coefficient (Wildman–Crippen LogP) is 3.41. The van der Waals surface area contributed by atoms with E-state index in [1.165, 1.54) is 0 Å². The molecule has 0 saturated carbocycles. The highest BCUT2D eigenvalue weighted by molar-refractivity contribution is 6.33. The van der Waals surface area contributed by atoms with Gasteiger partial charge in [-0.2, -0.15) is 0 Å². The highest BCUT2D eigenvalue weighted by Crippen LogP contribution is 2.27. The van der Waals surface area contributed by atoms with Crippen LogP contribution < -0.4 is 0 Å². The first-order valence-electron chi connectivity index (χ1n) is 5.28. The van der Waals surface area contributed by atoms with E-state index in [9.17, 15) is 0 Å². The van der Waals surface area contributed by atoms with E-state index >= 15 is 0 Å². The van der Waals surface area contributed by atoms with Crippen LogP contribution in [-0.2, 0) is 0 Å². The number of benzene rings is 1. The zero-order chi connectivity index (χ0) is 12.7. The van der Waals surface area contributed by atoms with Gasteiger partial charge in [-0.25, -0.2) is 4.98 Å². The zero-order valence-corrected chi connectivity index (χ0v) is 10.9. The van der Waals surface area contributed by atoms with Gasteiger partial charge in [0.25, 0.3) is 0 Å². The van der Waals surface area contributed by atoms with E-state index in [2.05, 4.69) is 15.2 Å². The van der Waals surface area contributed by atoms with Crippen LogP contribution in [0.5, 0.6) is 0 Å². The maximum absolute atomic E-state index is 6.23. The molecule has 0 N–H and O–H groups in total. The maximum Gasteiger partial charge on any atom is 0.171 e. The molecule has 0 unspecified atom stereocenters. The number of nitrogens with zero attached hydrogens (tertiary/aromatic N) is 4. The first-order valence-corrected chi connectivity index (χ1v) is 6.03. The van der Waals surface area contributed by atoms with Crippen molar-refractivity contribution in [1.29, 1.82) is 0 Å². The predicted molar refractivity (Wildman–Crippen MR) is 71.0 cm³/mol. The minimum Gasteiger partial charge on any atom is -0.265 e. The van der Waals surface area contributed by atoms with Crippen LogP contribution in [0, 0.1) is 6.92 Å². The standard InChI is InChI=1S/C12H8Cl2N4/c1-7-2-3-8(9(13)4-7)12-17-16-11-5-10(14)15-6-18(11)12/h2-6H,1H3. The third-order valence-corrected chi connectivity index (χ3v) is 3.15. The van der Waals surface area contributed by atoms with Crippen molar-refractivity contribution in [3.63, 3.8) is 0 Å². The van der Waals surface area contributed by atoms with Crippen LogP contribution in [0.4, 0.5) is 0 Å². The van der Waals surface area contributed by atoms with E-state index in [0.717, 1.165) is 11.1 Å². The van der Waals surface area contributed by atoms with E-state index in [4.69, 9.17) is 23.2 Å². The van der Waals surface area contributed by atoms with Gasteiger partial charge in [0, 0.05) is 11.6 Å². The molecule has 0 aliphatic heterocycles. The zero-order valence-electron chi connectivity index (χ0n) is 9.43. The molecule has 0 amide bonds. The van der Waals surface area contributed by atoms with Gasteiger partial charge in [0.1, 0.15) is 11.5 Å². The lowest BCUT2D eigenvalue weighted by atomic mass is 10.1. The van der Waals surface area contributed by atoms with Crippen LogP contribution >= 0.6 is 23.2 Å². The number of fused-ring (bicyclic) bond motifs is 1. The lowest BCUT2D eigenvalue weighted by Crippen LogP contribution is -1.92. The van der Waals surface area contributed by atoms with Gasteiger partial charge in [0.05, 0.1) is 5.02 Å². The minimum absolute atomic E-state index is 0.386. The summed E-state index contributed by atoms with van der Waals surface area (Å²) in [5, 5.41) is 9.20. The van der Waals surface area contributed by atoms with Crippen molar-refractivity contribution in [3.05, 3.63) is 46.3 Å². The van der Waals surface area contributed by atoms with Crippen molar-refractivity contribution in [1.82, 2.24) is 19.6 Å². The normalized spacial score (nSPS) is 11.1. The van der Waals surface area contributed by atoms with Gasteiger partial charge in [-0.1, -0.05) is 29.3 Å². The molecule has 2 heterocycles. The molecule has 0 aliphatic carbocycles. The fourth-order valence-corrected chi connectivity index (χ4v) is 2.22. The average Bonchev–Trinajstić information content (AvgIpc) is 2.72. The minimum atomic E-state index is 0.386. The number of rotatable bonds is 1. The monoisotopic (exact) mass is 278 g/mol. The maximum atomic E-state index is 6.23. The SMILES string of the molecule is Cc1ccc(-c2nnc3cc(Cl)ncn23)c(Cl)c1. The van der Waals surface area contributed by atoms with Gasteiger partial charge >= 0.3 is 0 Å². The van der Waals surface area contributed by atoms with Crippen LogP contribution in [0.15, 0.2) is 30.6 Å². The van der Waals surface area contributed by atoms with E-state index < -0.39 is 0 Å². The van der Waals surface area contributed by atoms with E-state index in [0.29, 0.717) is 21.6 Å². The van der Waals surface area contributed by atoms with Gasteiger partial charge in [-0.05, 0) is 24.6 Å². The second kappa shape index (κ2) is 4.23. The molecule has 2 aromatic heterocycles. The first-order chi connectivity index (χ1) is 8.65. The van der Waals surface area contributed by atoms with Crippen molar-refractivity contribution in [2.75, 3.05) is 0 Å². The number of hydrogen-bond acceptors (Lipinski definition) is 3. The molecule has 1 aromatic carbocycles. The number of hydrogen-bond donors (Lipinski definition) is 0. The third kappa shape index (κ3) is 1.83. The summed E-state index contributed by atoms with van der Waals surface area (Å²) < 4.78 is 1.75. The second-order valence-electron chi connectivity index (χ2n) is 3.95. The summed E-state index contributed by atoms with van der Waals surface area (Å²) in [6, 6.07) is 7.44. The van der Waals surface area contributed by atoms with E-state index in [1.807, 2.05) is 25.1 Å². The Hall–Kier alpha value is -1.65. The lowest BCUT2D eigenvalue weighted by Gasteiger charge is -2.03. The van der Waals surface area contributed by atoms with Crippen LogP contribution in [0.1, 0.15) is 5.56 Å². The average molecular weight is 279 g/mol. The summed E-state index contributed by atoms with van der Waals surface area (Å²) in [5.74, 6) is 0.652. The Morgan fingerprint density at radius 2 is 1.94 bits per heavy atom. The molecule has 0 bridgehead atoms. The molecule has 0 fully saturated rings. The fraction of sp³-hybridized carbons (Fsp3) is 0.0833. The Balaban J connectivity index is 2.25. The first kappa shape index (κ1) is 11.4. The molecular weight excluding hydrogens is 271 g/mol. The Morgan fingerprint density at radius 1 is 1.11 bits per heavy atom. The second-order valence-corrected chi connectivity index (χ2v) is 4.74. The summed E-state index contributed by atoms with van der Waals surface area (Å²) in [5.41, 5.74) is 2.55. The smallest absolute Gasteiger partial charge is 0.171 e. The quantitative estimate of drug-likeness (QED) is 0.641. The summed E-state index contributed by atoms with van der Waals surface area (Å²) >= 11 is 12.0. The van der Waals surface area contributed by atoms with Crippen molar-refractivity contribution < 1.29 is 0 Å². The summed E-state index contributed by atoms with van der Waals surface area (Å²) in [6.07, 6.45) is 1.59. The van der Waals surface area contributed by atoms with Gasteiger partial charge in [-0.3, -0.25) is 4.40 Å². The van der Waals surface area contributed by atoms with Crippen molar-refractivity contribution >= 4 is 28.8 Å². The van der Waals surface area contributed by atoms with Crippen LogP contribution in [0.2, 0.25) is 10.2 Å². The Bertz CT molecular complexity index is 736. The Morgan fingerprint density at radius 3 is 2.72 bits per heavy atom. The highest BCUT2D eigenvalue weighted by Gasteiger charge is 2.11. The third-order valence-electron chi connectivity index (χ3n) is 2.63. The number of aromatic nitrogens is 4. The van der Waals surface area contributed by atoms with Gasteiger partial charge in [-0.15, -0.1) is 10.2 Å². The number of halogens is 2. The summed E-state index contributed by atoms with van der Waals surface area (Å²) in [6.45, 7) is 1.99. The van der Waals surface area contributed by atoms with E-state index in [1.54, 1.807) is 16.8 Å². The molecule has 3 rings (SSSR count). The molecule has 0 saturated heterocycles. The molecule has 6 heteroatoms. The van der Waals surface area contributed by atoms with Crippen molar-refractivity contribution in [3.8, 4) is 11.4 Å². The Kier molecular flexibility index (Phi) is 2.69. The number of aryl methyl sites for hydroxylation is 1. The lowest BCUT2D eigenvalue weighted by molar-refractivity contribution is 1.08. The van der Waals surface area contributed by atoms with Gasteiger partial charge in [0.15, 0.2) is 11.5 Å². The Labute approximate surface area is 113 Å². The van der Waals surface area contributed by atoms with Crippen molar-refractivity contribution in [2.24, 2.45) is 0 Å². The summed E-state index contributed by atoms with van der Waals surface area (Å²) in [4.78, 5) is 4.02. The molecule has 0 radical (unpaired) electrons. The highest BCUT2D eigenvalue weighted by atomic mass is 35.5. The largest absolute Gasteiger partial charge is 0.265 e. The van der Waals surface area contributed by atoms with Crippen molar-refractivity contribution in [2.45, 2.75) is 6.92 Å². The molecule has 4 nitrogen and oxygen atoms in total. The topological polar surface area (TPSA) is 43.1 Å². The molecule has 0 aliphatic rings. The molecule has 90 valence electrons. The molecule has 0 atom stereocenters. The van der Waals surface area contributed by atoms with Gasteiger partial charge < -0.3 is 0 Å². The van der Waals surface area contributed by atoms with Crippen LogP contribution in [0.25, 0.3) is 17.0 Å². The van der Waals surface area contributed by atoms with Gasteiger partial charge in [0.2, 0.25) is 0 Å². The molecule has 3 aromatic rings. The van der Waals surface area contributed by atoms with Crippen LogP contribution in [0.3, 0.4) is 0 Å². The summed E-state index contributed by atoms with van der Waals surface area (Å²) in [7, 11) is 0. The molecule has 18 heavy (non-hydrogen) atoms.